The number of hydrogen-bond acceptors (Lipinski definition) is 5. The number of carboxylic acid groups (broad SMARTS) is 1. The average Bonchev–Trinajstić information content (AvgIpc) is 3.53. The van der Waals surface area contributed by atoms with E-state index in [1.54, 1.807) is 18.6 Å². The molecule has 2 bridgehead atoms. The van der Waals surface area contributed by atoms with Gasteiger partial charge >= 0.3 is 0 Å². The van der Waals surface area contributed by atoms with E-state index in [1.165, 1.54) is 0 Å². The Morgan fingerprint density at radius 1 is 1.28 bits per heavy atom. The topological polar surface area (TPSA) is 112 Å². The second-order valence-corrected chi connectivity index (χ2v) is 9.41. The van der Waals surface area contributed by atoms with Gasteiger partial charge in [0.2, 0.25) is 11.8 Å². The molecule has 0 spiro atoms. The predicted octanol–water partition coefficient (Wildman–Crippen LogP) is 2.95. The van der Waals surface area contributed by atoms with E-state index in [4.69, 9.17) is 9.90 Å². The van der Waals surface area contributed by atoms with Gasteiger partial charge in [-0.2, -0.15) is 0 Å². The zero-order chi connectivity index (χ0) is 23.1. The number of nitrogens with one attached hydrogen (secondary N) is 1. The molecule has 8 nitrogen and oxygen atoms in total. The Morgan fingerprint density at radius 2 is 2.00 bits per heavy atom. The maximum absolute atomic E-state index is 13.5. The molecule has 3 atom stereocenters. The largest absolute Gasteiger partial charge is 0.483 e. The second kappa shape index (κ2) is 10.7. The molecule has 32 heavy (non-hydrogen) atoms. The van der Waals surface area contributed by atoms with Gasteiger partial charge in [-0.3, -0.25) is 24.4 Å². The van der Waals surface area contributed by atoms with E-state index in [-0.39, 0.29) is 36.3 Å². The quantitative estimate of drug-likeness (QED) is 0.496. The number of carbonyl (C=O) groups excluding carboxylic acids is 2. The fourth-order valence-electron chi connectivity index (χ4n) is 5.49. The van der Waals surface area contributed by atoms with Crippen molar-refractivity contribution in [3.8, 4) is 0 Å². The van der Waals surface area contributed by atoms with Gasteiger partial charge in [0.1, 0.15) is 0 Å². The van der Waals surface area contributed by atoms with E-state index in [1.807, 2.05) is 0 Å². The molecule has 0 saturated carbocycles. The van der Waals surface area contributed by atoms with Gasteiger partial charge < -0.3 is 15.3 Å². The summed E-state index contributed by atoms with van der Waals surface area (Å²) in [5.41, 5.74) is 0.282. The van der Waals surface area contributed by atoms with Crippen LogP contribution in [-0.4, -0.2) is 50.3 Å². The molecule has 8 heteroatoms. The summed E-state index contributed by atoms with van der Waals surface area (Å²) in [4.78, 5) is 45.6. The monoisotopic (exact) mass is 442 g/mol. The maximum Gasteiger partial charge on any atom is 0.290 e. The SMILES string of the molecule is CC(C)CC[C@]1(C(=O)NCc2cnccn2)C[C@H]2CC[C@@H]1N2C(=O)C1CC=CC1.O=CO. The van der Waals surface area contributed by atoms with Crippen LogP contribution >= 0.6 is 0 Å². The first kappa shape index (κ1) is 23.9. The Morgan fingerprint density at radius 3 is 2.62 bits per heavy atom. The fourth-order valence-corrected chi connectivity index (χ4v) is 5.49. The molecule has 2 aliphatic heterocycles. The van der Waals surface area contributed by atoms with Gasteiger partial charge in [0, 0.05) is 30.4 Å². The number of aromatic nitrogens is 2. The van der Waals surface area contributed by atoms with Gasteiger partial charge in [0.05, 0.1) is 23.9 Å². The highest BCUT2D eigenvalue weighted by atomic mass is 16.3. The Hall–Kier alpha value is -2.77. The maximum atomic E-state index is 13.5. The summed E-state index contributed by atoms with van der Waals surface area (Å²) in [7, 11) is 0. The first-order valence-electron chi connectivity index (χ1n) is 11.5. The number of carbonyl (C=O) groups is 3. The van der Waals surface area contributed by atoms with Crippen LogP contribution in [0.3, 0.4) is 0 Å². The van der Waals surface area contributed by atoms with Gasteiger partial charge in [0.15, 0.2) is 0 Å². The lowest BCUT2D eigenvalue weighted by atomic mass is 9.69. The summed E-state index contributed by atoms with van der Waals surface area (Å²) in [6.07, 6.45) is 15.5. The molecule has 2 saturated heterocycles. The van der Waals surface area contributed by atoms with Crippen molar-refractivity contribution in [2.75, 3.05) is 0 Å². The lowest BCUT2D eigenvalue weighted by Gasteiger charge is -2.37. The minimum absolute atomic E-state index is 0.0289. The zero-order valence-electron chi connectivity index (χ0n) is 18.9. The number of allylic oxidation sites excluding steroid dienone is 2. The first-order chi connectivity index (χ1) is 15.4. The summed E-state index contributed by atoms with van der Waals surface area (Å²) >= 11 is 0. The van der Waals surface area contributed by atoms with Crippen molar-refractivity contribution in [3.63, 3.8) is 0 Å². The normalized spacial score (nSPS) is 26.2. The summed E-state index contributed by atoms with van der Waals surface area (Å²) < 4.78 is 0. The standard InChI is InChI=1S/C23H32N4O2.CH2O2/c1-16(2)9-10-23(22(29)26-15-18-14-24-11-12-25-18)13-19-7-8-20(23)27(19)21(28)17-5-3-4-6-17;2-1-3/h3-4,11-12,14,16-17,19-20H,5-10,13,15H2,1-2H3,(H,26,29);1H,(H,2,3)/t19-,20+,23+;/m1./s1. The molecule has 174 valence electrons. The Bertz CT molecular complexity index is 821. The Labute approximate surface area is 189 Å². The van der Waals surface area contributed by atoms with Crippen LogP contribution < -0.4 is 5.32 Å². The van der Waals surface area contributed by atoms with Crippen molar-refractivity contribution in [2.24, 2.45) is 17.3 Å². The number of nitrogens with zero attached hydrogens (tertiary/aromatic N) is 3. The van der Waals surface area contributed by atoms with Crippen LogP contribution in [0.25, 0.3) is 0 Å². The average molecular weight is 443 g/mol. The number of rotatable bonds is 7. The van der Waals surface area contributed by atoms with Crippen molar-refractivity contribution in [3.05, 3.63) is 36.4 Å². The molecule has 2 N–H and O–H groups in total. The van der Waals surface area contributed by atoms with Crippen molar-refractivity contribution in [1.29, 1.82) is 0 Å². The van der Waals surface area contributed by atoms with Gasteiger partial charge in [-0.05, 0) is 50.9 Å². The van der Waals surface area contributed by atoms with E-state index >= 15 is 0 Å². The number of amides is 2. The molecule has 0 unspecified atom stereocenters. The van der Waals surface area contributed by atoms with E-state index in [0.717, 1.165) is 50.6 Å². The molecule has 1 aromatic rings. The van der Waals surface area contributed by atoms with Crippen molar-refractivity contribution < 1.29 is 19.5 Å². The van der Waals surface area contributed by atoms with Crippen molar-refractivity contribution >= 4 is 18.3 Å². The summed E-state index contributed by atoms with van der Waals surface area (Å²) in [5, 5.41) is 10.0. The van der Waals surface area contributed by atoms with Crippen LogP contribution in [0.2, 0.25) is 0 Å². The third-order valence-electron chi connectivity index (χ3n) is 7.02. The Balaban J connectivity index is 0.000000913. The lowest BCUT2D eigenvalue weighted by Crippen LogP contribution is -2.50. The molecule has 1 aromatic heterocycles. The molecule has 0 aromatic carbocycles. The van der Waals surface area contributed by atoms with Crippen molar-refractivity contribution in [1.82, 2.24) is 20.2 Å². The van der Waals surface area contributed by atoms with E-state index < -0.39 is 5.41 Å². The van der Waals surface area contributed by atoms with E-state index in [2.05, 4.69) is 46.2 Å². The highest BCUT2D eigenvalue weighted by Crippen LogP contribution is 2.53. The molecule has 3 aliphatic rings. The van der Waals surface area contributed by atoms with Gasteiger partial charge in [-0.25, -0.2) is 0 Å². The summed E-state index contributed by atoms with van der Waals surface area (Å²) in [6, 6.07) is 0.240. The number of hydrogen-bond donors (Lipinski definition) is 2. The third-order valence-corrected chi connectivity index (χ3v) is 7.02. The van der Waals surface area contributed by atoms with Crippen LogP contribution in [0.4, 0.5) is 0 Å². The predicted molar refractivity (Wildman–Crippen MR) is 119 cm³/mol. The highest BCUT2D eigenvalue weighted by molar-refractivity contribution is 5.88. The lowest BCUT2D eigenvalue weighted by molar-refractivity contribution is -0.139. The molecule has 3 heterocycles. The van der Waals surface area contributed by atoms with Crippen LogP contribution in [0.5, 0.6) is 0 Å². The second-order valence-electron chi connectivity index (χ2n) is 9.41. The van der Waals surface area contributed by atoms with Gasteiger partial charge in [-0.1, -0.05) is 26.0 Å². The third kappa shape index (κ3) is 5.00. The van der Waals surface area contributed by atoms with Crippen LogP contribution in [0, 0.1) is 17.3 Å². The van der Waals surface area contributed by atoms with Gasteiger partial charge in [-0.15, -0.1) is 0 Å². The molecule has 1 aliphatic carbocycles. The number of fused-ring (bicyclic) bond motifs is 2. The smallest absolute Gasteiger partial charge is 0.290 e. The molecule has 2 amide bonds. The molecule has 2 fully saturated rings. The van der Waals surface area contributed by atoms with Crippen LogP contribution in [0.1, 0.15) is 64.5 Å². The van der Waals surface area contributed by atoms with E-state index in [0.29, 0.717) is 12.5 Å². The molecule has 0 radical (unpaired) electrons. The molecule has 4 rings (SSSR count). The first-order valence-corrected chi connectivity index (χ1v) is 11.5. The van der Waals surface area contributed by atoms with Crippen LogP contribution in [-0.2, 0) is 20.9 Å². The summed E-state index contributed by atoms with van der Waals surface area (Å²) in [6.45, 7) is 4.53. The minimum atomic E-state index is -0.475. The van der Waals surface area contributed by atoms with Gasteiger partial charge in [0.25, 0.3) is 6.47 Å². The van der Waals surface area contributed by atoms with Crippen molar-refractivity contribution in [2.45, 2.75) is 77.4 Å². The van der Waals surface area contributed by atoms with E-state index in [9.17, 15) is 9.59 Å². The zero-order valence-corrected chi connectivity index (χ0v) is 18.9. The Kier molecular flexibility index (Phi) is 7.99. The molecular weight excluding hydrogens is 408 g/mol. The highest BCUT2D eigenvalue weighted by Gasteiger charge is 2.61. The summed E-state index contributed by atoms with van der Waals surface area (Å²) in [5.74, 6) is 0.942. The fraction of sp³-hybridized carbons (Fsp3) is 0.625. The van der Waals surface area contributed by atoms with Crippen LogP contribution in [0.15, 0.2) is 30.7 Å². The minimum Gasteiger partial charge on any atom is -0.483 e. The molecular formula is C24H34N4O4.